The number of carbonyl (C=O) groups is 1. The molecule has 86 valence electrons. The highest BCUT2D eigenvalue weighted by Crippen LogP contribution is 2.32. The van der Waals surface area contributed by atoms with Gasteiger partial charge in [-0.05, 0) is 37.8 Å². The molecule has 0 atom stereocenters. The third-order valence-corrected chi connectivity index (χ3v) is 2.93. The second-order valence-electron chi connectivity index (χ2n) is 4.45. The number of aryl methyl sites for hydroxylation is 1. The normalized spacial score (nSPS) is 14.9. The average Bonchev–Trinajstić information content (AvgIpc) is 3.10. The zero-order valence-corrected chi connectivity index (χ0v) is 9.94. The van der Waals surface area contributed by atoms with Crippen molar-refractivity contribution < 1.29 is 4.79 Å². The molecule has 1 aromatic heterocycles. The van der Waals surface area contributed by atoms with Crippen molar-refractivity contribution in [3.05, 3.63) is 23.4 Å². The number of hydrogen-bond acceptors (Lipinski definition) is 3. The molecule has 0 saturated heterocycles. The van der Waals surface area contributed by atoms with Gasteiger partial charge in [0.25, 0.3) is 0 Å². The topological polar surface area (TPSA) is 33.2 Å². The number of hydrogen-bond donors (Lipinski definition) is 0. The maximum absolute atomic E-state index is 10.7. The van der Waals surface area contributed by atoms with Crippen LogP contribution in [0.4, 0.5) is 5.82 Å². The number of nitrogens with zero attached hydrogens (tertiary/aromatic N) is 2. The van der Waals surface area contributed by atoms with Crippen molar-refractivity contribution in [2.75, 3.05) is 11.4 Å². The largest absolute Gasteiger partial charge is 0.353 e. The van der Waals surface area contributed by atoms with E-state index in [9.17, 15) is 4.79 Å². The number of carbonyl (C=O) groups excluding carboxylic acids is 1. The fraction of sp³-hybridized carbons (Fsp3) is 0.538. The van der Waals surface area contributed by atoms with Crippen molar-refractivity contribution in [3.8, 4) is 0 Å². The molecule has 1 aliphatic rings. The molecule has 0 amide bonds. The molecule has 0 spiro atoms. The molecule has 1 aromatic rings. The Kier molecular flexibility index (Phi) is 3.22. The van der Waals surface area contributed by atoms with Crippen LogP contribution in [-0.4, -0.2) is 23.9 Å². The summed E-state index contributed by atoms with van der Waals surface area (Å²) in [6.07, 6.45) is 6.20. The van der Waals surface area contributed by atoms with E-state index in [-0.39, 0.29) is 0 Å². The molecule has 16 heavy (non-hydrogen) atoms. The highest BCUT2D eigenvalue weighted by molar-refractivity contribution is 5.75. The van der Waals surface area contributed by atoms with E-state index in [4.69, 9.17) is 0 Å². The molecule has 3 nitrogen and oxygen atoms in total. The lowest BCUT2D eigenvalue weighted by molar-refractivity contribution is 0.112. The van der Waals surface area contributed by atoms with Gasteiger partial charge in [-0.25, -0.2) is 4.98 Å². The first-order valence-corrected chi connectivity index (χ1v) is 5.94. The Hall–Kier alpha value is -1.38. The van der Waals surface area contributed by atoms with Crippen molar-refractivity contribution in [2.45, 2.75) is 39.2 Å². The van der Waals surface area contributed by atoms with Gasteiger partial charge in [-0.1, -0.05) is 6.92 Å². The number of pyridine rings is 1. The van der Waals surface area contributed by atoms with Crippen molar-refractivity contribution in [3.63, 3.8) is 0 Å². The fourth-order valence-electron chi connectivity index (χ4n) is 2.04. The summed E-state index contributed by atoms with van der Waals surface area (Å²) < 4.78 is 0. The van der Waals surface area contributed by atoms with Crippen LogP contribution in [-0.2, 0) is 0 Å². The van der Waals surface area contributed by atoms with Gasteiger partial charge >= 0.3 is 0 Å². The van der Waals surface area contributed by atoms with Gasteiger partial charge in [-0.15, -0.1) is 0 Å². The maximum Gasteiger partial charge on any atom is 0.151 e. The van der Waals surface area contributed by atoms with Crippen LogP contribution in [0.15, 0.2) is 12.3 Å². The maximum atomic E-state index is 10.7. The first-order valence-electron chi connectivity index (χ1n) is 5.94. The monoisotopic (exact) mass is 218 g/mol. The SMILES string of the molecule is CCCN(c1ncc(C=O)cc1C)C1CC1. The van der Waals surface area contributed by atoms with E-state index in [1.54, 1.807) is 6.20 Å². The van der Waals surface area contributed by atoms with Gasteiger partial charge in [0.05, 0.1) is 0 Å². The molecule has 0 radical (unpaired) electrons. The van der Waals surface area contributed by atoms with Crippen LogP contribution in [0.25, 0.3) is 0 Å². The lowest BCUT2D eigenvalue weighted by atomic mass is 10.2. The standard InChI is InChI=1S/C13H18N2O/c1-3-6-15(12-4-5-12)13-10(2)7-11(9-16)8-14-13/h7-9,12H,3-6H2,1-2H3. The van der Waals surface area contributed by atoms with Crippen molar-refractivity contribution in [2.24, 2.45) is 0 Å². The van der Waals surface area contributed by atoms with Crippen LogP contribution in [0, 0.1) is 6.92 Å². The van der Waals surface area contributed by atoms with Crippen LogP contribution in [0.3, 0.4) is 0 Å². The molecule has 0 aromatic carbocycles. The molecule has 0 N–H and O–H groups in total. The van der Waals surface area contributed by atoms with E-state index < -0.39 is 0 Å². The van der Waals surface area contributed by atoms with Gasteiger partial charge in [-0.3, -0.25) is 4.79 Å². The van der Waals surface area contributed by atoms with E-state index in [2.05, 4.69) is 16.8 Å². The minimum Gasteiger partial charge on any atom is -0.353 e. The molecular formula is C13H18N2O. The first kappa shape index (κ1) is 11.1. The highest BCUT2D eigenvalue weighted by Gasteiger charge is 2.30. The first-order chi connectivity index (χ1) is 7.76. The van der Waals surface area contributed by atoms with Crippen LogP contribution in [0.5, 0.6) is 0 Å². The number of anilines is 1. The molecule has 3 heteroatoms. The summed E-state index contributed by atoms with van der Waals surface area (Å²) in [6, 6.07) is 2.59. The molecular weight excluding hydrogens is 200 g/mol. The predicted octanol–water partition coefficient (Wildman–Crippen LogP) is 2.58. The van der Waals surface area contributed by atoms with Crippen molar-refractivity contribution in [1.82, 2.24) is 4.98 Å². The predicted molar refractivity (Wildman–Crippen MR) is 65.0 cm³/mol. The molecule has 1 heterocycles. The van der Waals surface area contributed by atoms with Gasteiger partial charge in [0.1, 0.15) is 5.82 Å². The van der Waals surface area contributed by atoms with E-state index in [0.29, 0.717) is 11.6 Å². The summed E-state index contributed by atoms with van der Waals surface area (Å²) >= 11 is 0. The Bertz CT molecular complexity index is 386. The Balaban J connectivity index is 2.26. The minimum atomic E-state index is 0.661. The van der Waals surface area contributed by atoms with E-state index in [0.717, 1.165) is 30.6 Å². The molecule has 0 unspecified atom stereocenters. The van der Waals surface area contributed by atoms with Gasteiger partial charge in [0, 0.05) is 24.3 Å². The average molecular weight is 218 g/mol. The number of rotatable bonds is 5. The fourth-order valence-corrected chi connectivity index (χ4v) is 2.04. The Morgan fingerprint density at radius 2 is 2.31 bits per heavy atom. The van der Waals surface area contributed by atoms with Crippen LogP contribution in [0.2, 0.25) is 0 Å². The molecule has 2 rings (SSSR count). The third-order valence-electron chi connectivity index (χ3n) is 2.93. The Labute approximate surface area is 96.5 Å². The quantitative estimate of drug-likeness (QED) is 0.712. The molecule has 0 aliphatic heterocycles. The summed E-state index contributed by atoms with van der Waals surface area (Å²) in [4.78, 5) is 17.5. The van der Waals surface area contributed by atoms with E-state index in [1.807, 2.05) is 13.0 Å². The van der Waals surface area contributed by atoms with Crippen LogP contribution < -0.4 is 4.90 Å². The molecule has 1 fully saturated rings. The van der Waals surface area contributed by atoms with Gasteiger partial charge in [0.15, 0.2) is 6.29 Å². The molecule has 0 bridgehead atoms. The summed E-state index contributed by atoms with van der Waals surface area (Å²) in [5.74, 6) is 1.05. The van der Waals surface area contributed by atoms with Crippen molar-refractivity contribution in [1.29, 1.82) is 0 Å². The highest BCUT2D eigenvalue weighted by atomic mass is 16.1. The van der Waals surface area contributed by atoms with Gasteiger partial charge in [-0.2, -0.15) is 0 Å². The number of aldehydes is 1. The number of aromatic nitrogens is 1. The Morgan fingerprint density at radius 3 is 2.81 bits per heavy atom. The lowest BCUT2D eigenvalue weighted by Gasteiger charge is -2.24. The van der Waals surface area contributed by atoms with E-state index in [1.165, 1.54) is 12.8 Å². The molecule has 1 saturated carbocycles. The zero-order chi connectivity index (χ0) is 11.5. The van der Waals surface area contributed by atoms with E-state index >= 15 is 0 Å². The minimum absolute atomic E-state index is 0.661. The van der Waals surface area contributed by atoms with Crippen LogP contribution >= 0.6 is 0 Å². The van der Waals surface area contributed by atoms with Gasteiger partial charge in [0.2, 0.25) is 0 Å². The summed E-state index contributed by atoms with van der Waals surface area (Å²) in [5.41, 5.74) is 1.76. The summed E-state index contributed by atoms with van der Waals surface area (Å²) in [7, 11) is 0. The second-order valence-corrected chi connectivity index (χ2v) is 4.45. The summed E-state index contributed by atoms with van der Waals surface area (Å²) in [6.45, 7) is 5.27. The lowest BCUT2D eigenvalue weighted by Crippen LogP contribution is -2.28. The van der Waals surface area contributed by atoms with Gasteiger partial charge < -0.3 is 4.90 Å². The summed E-state index contributed by atoms with van der Waals surface area (Å²) in [5, 5.41) is 0. The molecule has 1 aliphatic carbocycles. The van der Waals surface area contributed by atoms with Crippen molar-refractivity contribution >= 4 is 12.1 Å². The van der Waals surface area contributed by atoms with Crippen LogP contribution in [0.1, 0.15) is 42.1 Å². The zero-order valence-electron chi connectivity index (χ0n) is 9.94. The third kappa shape index (κ3) is 2.23. The Morgan fingerprint density at radius 1 is 1.56 bits per heavy atom. The second kappa shape index (κ2) is 4.64. The smallest absolute Gasteiger partial charge is 0.151 e.